The van der Waals surface area contributed by atoms with Crippen molar-refractivity contribution in [1.29, 1.82) is 0 Å². The van der Waals surface area contributed by atoms with Crippen molar-refractivity contribution in [3.05, 3.63) is 16.8 Å². The molecule has 0 saturated heterocycles. The highest BCUT2D eigenvalue weighted by Crippen LogP contribution is 2.33. The van der Waals surface area contributed by atoms with Crippen LogP contribution in [0.3, 0.4) is 0 Å². The Hall–Kier alpha value is -1.14. The molecule has 1 N–H and O–H groups in total. The van der Waals surface area contributed by atoms with E-state index >= 15 is 0 Å². The number of fused-ring (bicyclic) bond motifs is 1. The van der Waals surface area contributed by atoms with Gasteiger partial charge >= 0.3 is 0 Å². The van der Waals surface area contributed by atoms with Crippen LogP contribution in [0, 0.1) is 6.92 Å². The fraction of sp³-hybridized carbons (Fsp3) is 0.611. The molecule has 1 saturated carbocycles. The lowest BCUT2D eigenvalue weighted by molar-refractivity contribution is -0.121. The average Bonchev–Trinajstić information content (AvgIpc) is 2.99. The van der Waals surface area contributed by atoms with Crippen LogP contribution in [0.15, 0.2) is 11.1 Å². The smallest absolute Gasteiger partial charge is 0.233 e. The number of aryl methyl sites for hydroxylation is 2. The summed E-state index contributed by atoms with van der Waals surface area (Å²) in [6.07, 6.45) is 6.99. The molecule has 0 bridgehead atoms. The quantitative estimate of drug-likeness (QED) is 0.628. The number of hydrogen-bond donors (Lipinski definition) is 1. The van der Waals surface area contributed by atoms with Crippen LogP contribution in [0.2, 0.25) is 0 Å². The Bertz CT molecular complexity index is 722. The fourth-order valence-corrected chi connectivity index (χ4v) is 5.15. The van der Waals surface area contributed by atoms with Gasteiger partial charge in [-0.25, -0.2) is 9.97 Å². The Labute approximate surface area is 151 Å². The lowest BCUT2D eigenvalue weighted by Crippen LogP contribution is -2.40. The third kappa shape index (κ3) is 4.09. The summed E-state index contributed by atoms with van der Waals surface area (Å²) in [7, 11) is 0. The SMILES string of the molecule is CCc1cc2c(SC(C)C(=O)NC3CCCCC3)nc(C)nc2s1. The van der Waals surface area contributed by atoms with Crippen LogP contribution in [0.1, 0.15) is 56.7 Å². The standard InChI is InChI=1S/C18H25N3OS2/c1-4-14-10-15-17(19-12(3)20-18(15)24-14)23-11(2)16(22)21-13-8-6-5-7-9-13/h10-11,13H,4-9H2,1-3H3,(H,21,22). The van der Waals surface area contributed by atoms with Gasteiger partial charge in [0, 0.05) is 16.3 Å². The van der Waals surface area contributed by atoms with Crippen molar-refractivity contribution in [2.75, 3.05) is 0 Å². The van der Waals surface area contributed by atoms with Crippen molar-refractivity contribution in [3.8, 4) is 0 Å². The molecule has 2 aromatic rings. The van der Waals surface area contributed by atoms with Crippen LogP contribution in [0.25, 0.3) is 10.2 Å². The Morgan fingerprint density at radius 1 is 1.38 bits per heavy atom. The predicted octanol–water partition coefficient (Wildman–Crippen LogP) is 4.49. The molecule has 3 rings (SSSR count). The van der Waals surface area contributed by atoms with Crippen LogP contribution in [-0.2, 0) is 11.2 Å². The minimum Gasteiger partial charge on any atom is -0.352 e. The zero-order chi connectivity index (χ0) is 17.1. The first-order chi connectivity index (χ1) is 11.6. The molecule has 0 aliphatic heterocycles. The molecule has 4 nitrogen and oxygen atoms in total. The number of carbonyl (C=O) groups is 1. The van der Waals surface area contributed by atoms with Crippen molar-refractivity contribution in [3.63, 3.8) is 0 Å². The van der Waals surface area contributed by atoms with E-state index in [0.717, 1.165) is 40.3 Å². The van der Waals surface area contributed by atoms with Gasteiger partial charge in [-0.15, -0.1) is 11.3 Å². The molecular formula is C18H25N3OS2. The molecule has 2 aromatic heterocycles. The van der Waals surface area contributed by atoms with E-state index in [1.807, 2.05) is 13.8 Å². The molecule has 0 radical (unpaired) electrons. The summed E-state index contributed by atoms with van der Waals surface area (Å²) in [5.74, 6) is 0.900. The van der Waals surface area contributed by atoms with Gasteiger partial charge < -0.3 is 5.32 Å². The maximum atomic E-state index is 12.5. The molecule has 130 valence electrons. The second kappa shape index (κ2) is 7.83. The number of nitrogens with one attached hydrogen (secondary N) is 1. The van der Waals surface area contributed by atoms with E-state index in [2.05, 4.69) is 28.3 Å². The second-order valence-corrected chi connectivity index (χ2v) is 8.91. The lowest BCUT2D eigenvalue weighted by atomic mass is 9.95. The van der Waals surface area contributed by atoms with Gasteiger partial charge in [-0.2, -0.15) is 0 Å². The molecule has 0 aromatic carbocycles. The fourth-order valence-electron chi connectivity index (χ4n) is 3.10. The first-order valence-electron chi connectivity index (χ1n) is 8.81. The van der Waals surface area contributed by atoms with Crippen molar-refractivity contribution in [2.45, 2.75) is 75.6 Å². The van der Waals surface area contributed by atoms with Crippen molar-refractivity contribution >= 4 is 39.2 Å². The van der Waals surface area contributed by atoms with E-state index in [1.54, 1.807) is 23.1 Å². The first-order valence-corrected chi connectivity index (χ1v) is 10.5. The monoisotopic (exact) mass is 363 g/mol. The Morgan fingerprint density at radius 3 is 2.83 bits per heavy atom. The van der Waals surface area contributed by atoms with Crippen LogP contribution in [0.5, 0.6) is 0 Å². The van der Waals surface area contributed by atoms with Crippen LogP contribution in [-0.4, -0.2) is 27.2 Å². The molecule has 1 atom stereocenters. The highest BCUT2D eigenvalue weighted by atomic mass is 32.2. The highest BCUT2D eigenvalue weighted by molar-refractivity contribution is 8.00. The molecule has 1 aliphatic carbocycles. The summed E-state index contributed by atoms with van der Waals surface area (Å²) < 4.78 is 0. The van der Waals surface area contributed by atoms with Crippen LogP contribution >= 0.6 is 23.1 Å². The summed E-state index contributed by atoms with van der Waals surface area (Å²) >= 11 is 3.28. The summed E-state index contributed by atoms with van der Waals surface area (Å²) in [6.45, 7) is 6.04. The van der Waals surface area contributed by atoms with Crippen LogP contribution in [0.4, 0.5) is 0 Å². The van der Waals surface area contributed by atoms with E-state index in [4.69, 9.17) is 0 Å². The van der Waals surface area contributed by atoms with Crippen LogP contribution < -0.4 is 5.32 Å². The lowest BCUT2D eigenvalue weighted by Gasteiger charge is -2.24. The van der Waals surface area contributed by atoms with Gasteiger partial charge in [0.2, 0.25) is 5.91 Å². The number of aromatic nitrogens is 2. The minimum absolute atomic E-state index is 0.127. The van der Waals surface area contributed by atoms with E-state index in [-0.39, 0.29) is 11.2 Å². The molecule has 1 fully saturated rings. The summed E-state index contributed by atoms with van der Waals surface area (Å²) in [5.41, 5.74) is 0. The second-order valence-electron chi connectivity index (χ2n) is 6.46. The Balaban J connectivity index is 1.73. The number of carbonyl (C=O) groups excluding carboxylic acids is 1. The molecule has 1 amide bonds. The summed E-state index contributed by atoms with van der Waals surface area (Å²) in [6, 6.07) is 2.53. The Morgan fingerprint density at radius 2 is 2.12 bits per heavy atom. The number of nitrogens with zero attached hydrogens (tertiary/aromatic N) is 2. The number of thiophene rings is 1. The van der Waals surface area contributed by atoms with Crippen molar-refractivity contribution in [2.24, 2.45) is 0 Å². The molecular weight excluding hydrogens is 338 g/mol. The van der Waals surface area contributed by atoms with E-state index in [0.29, 0.717) is 6.04 Å². The van der Waals surface area contributed by atoms with Crippen molar-refractivity contribution < 1.29 is 4.79 Å². The number of hydrogen-bond acceptors (Lipinski definition) is 5. The van der Waals surface area contributed by atoms with E-state index in [9.17, 15) is 4.79 Å². The average molecular weight is 364 g/mol. The van der Waals surface area contributed by atoms with Gasteiger partial charge in [0.1, 0.15) is 15.7 Å². The van der Waals surface area contributed by atoms with Crippen molar-refractivity contribution in [1.82, 2.24) is 15.3 Å². The highest BCUT2D eigenvalue weighted by Gasteiger charge is 2.22. The first kappa shape index (κ1) is 17.7. The molecule has 2 heterocycles. The predicted molar refractivity (Wildman–Crippen MR) is 102 cm³/mol. The molecule has 24 heavy (non-hydrogen) atoms. The number of rotatable bonds is 5. The van der Waals surface area contributed by atoms with E-state index in [1.165, 1.54) is 24.1 Å². The minimum atomic E-state index is -0.144. The maximum Gasteiger partial charge on any atom is 0.233 e. The van der Waals surface area contributed by atoms with Gasteiger partial charge in [0.15, 0.2) is 0 Å². The molecule has 1 aliphatic rings. The maximum absolute atomic E-state index is 12.5. The number of amides is 1. The van der Waals surface area contributed by atoms with Gasteiger partial charge in [-0.05, 0) is 39.2 Å². The number of thioether (sulfide) groups is 1. The zero-order valence-electron chi connectivity index (χ0n) is 14.6. The Kier molecular flexibility index (Phi) is 5.76. The summed E-state index contributed by atoms with van der Waals surface area (Å²) in [5, 5.41) is 5.09. The van der Waals surface area contributed by atoms with Gasteiger partial charge in [-0.1, -0.05) is 37.9 Å². The largest absolute Gasteiger partial charge is 0.352 e. The van der Waals surface area contributed by atoms with E-state index < -0.39 is 0 Å². The molecule has 1 unspecified atom stereocenters. The third-order valence-corrected chi connectivity index (χ3v) is 6.75. The van der Waals surface area contributed by atoms with Gasteiger partial charge in [0.25, 0.3) is 0 Å². The molecule has 0 spiro atoms. The third-order valence-electron chi connectivity index (χ3n) is 4.48. The topological polar surface area (TPSA) is 54.9 Å². The normalized spacial score (nSPS) is 17.1. The van der Waals surface area contributed by atoms with Gasteiger partial charge in [0.05, 0.1) is 5.25 Å². The van der Waals surface area contributed by atoms with Gasteiger partial charge in [-0.3, -0.25) is 4.79 Å². The molecule has 6 heteroatoms. The zero-order valence-corrected chi connectivity index (χ0v) is 16.2. The summed E-state index contributed by atoms with van der Waals surface area (Å²) in [4.78, 5) is 24.0.